The molecule has 0 spiro atoms. The number of allylic oxidation sites excluding steroid dienone is 2. The summed E-state index contributed by atoms with van der Waals surface area (Å²) in [6.45, 7) is 11.2. The molecule has 5 rings (SSSR count). The lowest BCUT2D eigenvalue weighted by Gasteiger charge is -2.58. The molecule has 0 saturated heterocycles. The van der Waals surface area contributed by atoms with E-state index in [1.807, 2.05) is 20.8 Å². The van der Waals surface area contributed by atoms with Gasteiger partial charge in [0.05, 0.1) is 11.8 Å². The van der Waals surface area contributed by atoms with Crippen LogP contribution in [0.3, 0.4) is 0 Å². The minimum absolute atomic E-state index is 0.0786. The highest BCUT2D eigenvalue weighted by molar-refractivity contribution is 5.82. The molecule has 1 heterocycles. The van der Waals surface area contributed by atoms with Gasteiger partial charge in [-0.15, -0.1) is 5.10 Å². The predicted octanol–water partition coefficient (Wildman–Crippen LogP) is 5.20. The first-order valence-corrected chi connectivity index (χ1v) is 12.5. The molecule has 4 aliphatic carbocycles. The summed E-state index contributed by atoms with van der Waals surface area (Å²) in [7, 11) is 0. The minimum atomic E-state index is -0.493. The Balaban J connectivity index is 0.00000112. The molecular weight excluding hydrogens is 386 g/mol. The Kier molecular flexibility index (Phi) is 5.95. The molecule has 3 fully saturated rings. The smallest absolute Gasteiger partial charge is 0.157 e. The quantitative estimate of drug-likeness (QED) is 0.673. The van der Waals surface area contributed by atoms with Gasteiger partial charge in [-0.25, -0.2) is 4.68 Å². The molecule has 7 atom stereocenters. The molecule has 4 aliphatic rings. The molecule has 0 unspecified atom stereocenters. The lowest BCUT2D eigenvalue weighted by atomic mass is 9.47. The van der Waals surface area contributed by atoms with Gasteiger partial charge in [-0.3, -0.25) is 4.79 Å². The first-order chi connectivity index (χ1) is 14.7. The molecule has 0 bridgehead atoms. The van der Waals surface area contributed by atoms with E-state index in [-0.39, 0.29) is 16.7 Å². The summed E-state index contributed by atoms with van der Waals surface area (Å²) in [4.78, 5) is 13.2. The van der Waals surface area contributed by atoms with E-state index in [0.717, 1.165) is 32.1 Å². The van der Waals surface area contributed by atoms with Crippen molar-refractivity contribution in [1.29, 1.82) is 0 Å². The lowest BCUT2D eigenvalue weighted by molar-refractivity contribution is -0.128. The summed E-state index contributed by atoms with van der Waals surface area (Å²) in [5.74, 6) is 2.30. The molecule has 1 aromatic heterocycles. The van der Waals surface area contributed by atoms with Crippen molar-refractivity contribution in [2.24, 2.45) is 34.5 Å². The highest BCUT2D eigenvalue weighted by Gasteiger charge is 2.59. The van der Waals surface area contributed by atoms with Crippen molar-refractivity contribution in [1.82, 2.24) is 15.0 Å². The highest BCUT2D eigenvalue weighted by atomic mass is 16.3. The molecule has 0 amide bonds. The Labute approximate surface area is 187 Å². The maximum atomic E-state index is 13.2. The SMILES string of the molecule is CC.C[C@@]1(O)CC[C@]2(C)C3=CC[C@]4(C)[C@@H](C(=O)Cn5ccnn5)CC[C@H]4[C@@H]3CC[C@H]2C1. The summed E-state index contributed by atoms with van der Waals surface area (Å²) >= 11 is 0. The monoisotopic (exact) mass is 427 g/mol. The largest absolute Gasteiger partial charge is 0.390 e. The molecule has 1 aromatic rings. The van der Waals surface area contributed by atoms with Crippen molar-refractivity contribution in [3.05, 3.63) is 24.0 Å². The van der Waals surface area contributed by atoms with Crippen molar-refractivity contribution in [3.8, 4) is 0 Å². The van der Waals surface area contributed by atoms with Crippen molar-refractivity contribution in [2.45, 2.75) is 98.1 Å². The number of aliphatic hydroxyl groups is 1. The zero-order valence-corrected chi connectivity index (χ0v) is 20.1. The molecule has 31 heavy (non-hydrogen) atoms. The number of Topliss-reactive ketones (excluding diaryl/α,β-unsaturated/α-hetero) is 1. The molecule has 0 aromatic carbocycles. The standard InChI is InChI=1S/C24H35N3O2.C2H6/c1-22(29)10-11-23(2)16(14-22)4-5-17-18-6-7-20(24(18,3)9-8-19(17)23)21(28)15-27-13-12-25-26-27;1-2/h8,12-13,16-18,20,29H,4-7,9-11,14-15H2,1-3H3;1-2H3/t16-,17-,18-,20+,22+,23-,24-;/m0./s1. The topological polar surface area (TPSA) is 68.0 Å². The van der Waals surface area contributed by atoms with Gasteiger partial charge in [0.15, 0.2) is 5.78 Å². The van der Waals surface area contributed by atoms with Gasteiger partial charge in [0, 0.05) is 12.1 Å². The van der Waals surface area contributed by atoms with E-state index in [0.29, 0.717) is 30.1 Å². The zero-order chi connectivity index (χ0) is 22.4. The van der Waals surface area contributed by atoms with Gasteiger partial charge in [-0.2, -0.15) is 0 Å². The average Bonchev–Trinajstić information content (AvgIpc) is 3.37. The molecule has 0 radical (unpaired) electrons. The summed E-state index contributed by atoms with van der Waals surface area (Å²) < 4.78 is 1.67. The van der Waals surface area contributed by atoms with Crippen LogP contribution < -0.4 is 0 Å². The van der Waals surface area contributed by atoms with E-state index in [4.69, 9.17) is 0 Å². The van der Waals surface area contributed by atoms with E-state index in [1.54, 1.807) is 22.6 Å². The number of aromatic nitrogens is 3. The third-order valence-corrected chi connectivity index (χ3v) is 9.49. The van der Waals surface area contributed by atoms with Crippen molar-refractivity contribution in [2.75, 3.05) is 0 Å². The summed E-state index contributed by atoms with van der Waals surface area (Å²) in [6, 6.07) is 0. The van der Waals surface area contributed by atoms with E-state index >= 15 is 0 Å². The Morgan fingerprint density at radius 2 is 1.94 bits per heavy atom. The molecular formula is C26H41N3O2. The van der Waals surface area contributed by atoms with Gasteiger partial charge in [-0.1, -0.05) is 44.6 Å². The van der Waals surface area contributed by atoms with Crippen LogP contribution in [0.5, 0.6) is 0 Å². The number of carbonyl (C=O) groups is 1. The van der Waals surface area contributed by atoms with Crippen LogP contribution in [-0.4, -0.2) is 31.5 Å². The van der Waals surface area contributed by atoms with Crippen LogP contribution in [0.1, 0.15) is 86.0 Å². The maximum Gasteiger partial charge on any atom is 0.157 e. The fraction of sp³-hybridized carbons (Fsp3) is 0.808. The number of rotatable bonds is 3. The second-order valence-corrected chi connectivity index (χ2v) is 11.2. The van der Waals surface area contributed by atoms with E-state index in [9.17, 15) is 9.90 Å². The molecule has 3 saturated carbocycles. The van der Waals surface area contributed by atoms with E-state index in [1.165, 1.54) is 19.3 Å². The second kappa shape index (κ2) is 8.13. The summed E-state index contributed by atoms with van der Waals surface area (Å²) in [5.41, 5.74) is 1.51. The first kappa shape index (κ1) is 22.7. The number of fused-ring (bicyclic) bond motifs is 5. The van der Waals surface area contributed by atoms with Crippen molar-refractivity contribution < 1.29 is 9.90 Å². The molecule has 0 aliphatic heterocycles. The number of nitrogens with zero attached hydrogens (tertiary/aromatic N) is 3. The van der Waals surface area contributed by atoms with Crippen LogP contribution in [0.4, 0.5) is 0 Å². The number of hydrogen-bond donors (Lipinski definition) is 1. The molecule has 5 nitrogen and oxygen atoms in total. The fourth-order valence-corrected chi connectivity index (χ4v) is 7.82. The average molecular weight is 428 g/mol. The zero-order valence-electron chi connectivity index (χ0n) is 20.1. The van der Waals surface area contributed by atoms with Gasteiger partial charge in [0.2, 0.25) is 0 Å². The van der Waals surface area contributed by atoms with Crippen LogP contribution in [0.2, 0.25) is 0 Å². The minimum Gasteiger partial charge on any atom is -0.390 e. The Hall–Kier alpha value is -1.49. The fourth-order valence-electron chi connectivity index (χ4n) is 7.82. The Morgan fingerprint density at radius 1 is 1.16 bits per heavy atom. The summed E-state index contributed by atoms with van der Waals surface area (Å²) in [5, 5.41) is 18.5. The van der Waals surface area contributed by atoms with Crippen LogP contribution in [0.25, 0.3) is 0 Å². The van der Waals surface area contributed by atoms with Gasteiger partial charge in [0.25, 0.3) is 0 Å². The lowest BCUT2D eigenvalue weighted by Crippen LogP contribution is -2.51. The van der Waals surface area contributed by atoms with E-state index < -0.39 is 5.60 Å². The van der Waals surface area contributed by atoms with Crippen LogP contribution in [0.15, 0.2) is 24.0 Å². The normalized spacial score (nSPS) is 43.6. The molecule has 1 N–H and O–H groups in total. The van der Waals surface area contributed by atoms with Crippen LogP contribution in [-0.2, 0) is 11.3 Å². The predicted molar refractivity (Wildman–Crippen MR) is 122 cm³/mol. The van der Waals surface area contributed by atoms with Gasteiger partial charge >= 0.3 is 0 Å². The second-order valence-electron chi connectivity index (χ2n) is 11.2. The van der Waals surface area contributed by atoms with Crippen LogP contribution >= 0.6 is 0 Å². The van der Waals surface area contributed by atoms with Crippen molar-refractivity contribution >= 4 is 5.78 Å². The van der Waals surface area contributed by atoms with Gasteiger partial charge in [0.1, 0.15) is 6.54 Å². The number of hydrogen-bond acceptors (Lipinski definition) is 4. The first-order valence-electron chi connectivity index (χ1n) is 12.5. The van der Waals surface area contributed by atoms with Gasteiger partial charge < -0.3 is 5.11 Å². The summed E-state index contributed by atoms with van der Waals surface area (Å²) in [6.07, 6.45) is 14.6. The number of ketones is 1. The van der Waals surface area contributed by atoms with Gasteiger partial charge in [-0.05, 0) is 86.9 Å². The third-order valence-electron chi connectivity index (χ3n) is 9.49. The highest BCUT2D eigenvalue weighted by Crippen LogP contribution is 2.66. The Bertz CT molecular complexity index is 830. The third kappa shape index (κ3) is 3.71. The molecule has 172 valence electrons. The number of carbonyl (C=O) groups excluding carboxylic acids is 1. The maximum absolute atomic E-state index is 13.2. The molecule has 5 heteroatoms. The van der Waals surface area contributed by atoms with E-state index in [2.05, 4.69) is 30.2 Å². The Morgan fingerprint density at radius 3 is 2.65 bits per heavy atom. The van der Waals surface area contributed by atoms with Crippen molar-refractivity contribution in [3.63, 3.8) is 0 Å². The van der Waals surface area contributed by atoms with Crippen LogP contribution in [0, 0.1) is 34.5 Å².